The molecule has 6 heteroatoms. The molecule has 3 rings (SSSR count). The zero-order valence-corrected chi connectivity index (χ0v) is 16.2. The van der Waals surface area contributed by atoms with Gasteiger partial charge >= 0.3 is 6.09 Å². The lowest BCUT2D eigenvalue weighted by Crippen LogP contribution is -2.27. The van der Waals surface area contributed by atoms with Gasteiger partial charge in [0.2, 0.25) is 0 Å². The molecular formula is C22H23N3O3. The Balaban J connectivity index is 1.70. The molecular weight excluding hydrogens is 354 g/mol. The maximum atomic E-state index is 12.5. The van der Waals surface area contributed by atoms with Crippen LogP contribution in [0, 0.1) is 0 Å². The number of para-hydroxylation sites is 1. The van der Waals surface area contributed by atoms with E-state index in [1.165, 1.54) is 6.08 Å². The molecule has 0 fully saturated rings. The Kier molecular flexibility index (Phi) is 5.59. The molecule has 1 N–H and O–H groups in total. The monoisotopic (exact) mass is 377 g/mol. The summed E-state index contributed by atoms with van der Waals surface area (Å²) in [7, 11) is 0. The van der Waals surface area contributed by atoms with Crippen LogP contribution < -0.4 is 5.32 Å². The van der Waals surface area contributed by atoms with Crippen molar-refractivity contribution in [2.24, 2.45) is 0 Å². The van der Waals surface area contributed by atoms with E-state index in [9.17, 15) is 9.59 Å². The van der Waals surface area contributed by atoms with Gasteiger partial charge in [-0.1, -0.05) is 24.3 Å². The number of benzene rings is 1. The van der Waals surface area contributed by atoms with Gasteiger partial charge in [-0.15, -0.1) is 0 Å². The largest absolute Gasteiger partial charge is 0.444 e. The summed E-state index contributed by atoms with van der Waals surface area (Å²) in [5.74, 6) is -0.0793. The first-order chi connectivity index (χ1) is 13.3. The van der Waals surface area contributed by atoms with Crippen LogP contribution in [0.2, 0.25) is 0 Å². The summed E-state index contributed by atoms with van der Waals surface area (Å²) < 4.78 is 7.18. The van der Waals surface area contributed by atoms with Crippen molar-refractivity contribution in [1.82, 2.24) is 9.38 Å². The van der Waals surface area contributed by atoms with Crippen molar-refractivity contribution in [3.05, 3.63) is 72.2 Å². The first-order valence-corrected chi connectivity index (χ1v) is 9.03. The van der Waals surface area contributed by atoms with Gasteiger partial charge in [0.25, 0.3) is 0 Å². The smallest absolute Gasteiger partial charge is 0.412 e. The summed E-state index contributed by atoms with van der Waals surface area (Å²) in [4.78, 5) is 28.8. The van der Waals surface area contributed by atoms with E-state index in [4.69, 9.17) is 4.74 Å². The Morgan fingerprint density at radius 2 is 1.89 bits per heavy atom. The van der Waals surface area contributed by atoms with Gasteiger partial charge in [-0.25, -0.2) is 9.78 Å². The number of fused-ring (bicyclic) bond motifs is 1. The molecule has 2 aromatic heterocycles. The number of hydrogen-bond acceptors (Lipinski definition) is 4. The second kappa shape index (κ2) is 8.08. The summed E-state index contributed by atoms with van der Waals surface area (Å²) in [6.07, 6.45) is 6.50. The molecule has 1 aromatic carbocycles. The van der Waals surface area contributed by atoms with Crippen molar-refractivity contribution in [3.8, 4) is 0 Å². The number of amides is 1. The molecule has 144 valence electrons. The van der Waals surface area contributed by atoms with Crippen molar-refractivity contribution >= 4 is 29.3 Å². The summed E-state index contributed by atoms with van der Waals surface area (Å²) in [5.41, 5.74) is 2.34. The van der Waals surface area contributed by atoms with Gasteiger partial charge in [-0.3, -0.25) is 10.1 Å². The van der Waals surface area contributed by atoms with Crippen molar-refractivity contribution in [1.29, 1.82) is 0 Å². The third-order valence-electron chi connectivity index (χ3n) is 3.90. The lowest BCUT2D eigenvalue weighted by Gasteiger charge is -2.20. The molecule has 0 aliphatic heterocycles. The molecule has 2 heterocycles. The van der Waals surface area contributed by atoms with Gasteiger partial charge in [0.05, 0.1) is 11.9 Å². The number of nitrogens with zero attached hydrogens (tertiary/aromatic N) is 2. The highest BCUT2D eigenvalue weighted by atomic mass is 16.6. The van der Waals surface area contributed by atoms with Crippen LogP contribution in [0.1, 0.15) is 32.0 Å². The molecule has 1 amide bonds. The number of nitrogens with one attached hydrogen (secondary N) is 1. The van der Waals surface area contributed by atoms with Crippen molar-refractivity contribution in [3.63, 3.8) is 0 Å². The molecule has 0 bridgehead atoms. The quantitative estimate of drug-likeness (QED) is 0.664. The van der Waals surface area contributed by atoms with Crippen LogP contribution >= 0.6 is 0 Å². The lowest BCUT2D eigenvalue weighted by molar-refractivity contribution is -0.113. The van der Waals surface area contributed by atoms with Gasteiger partial charge in [-0.2, -0.15) is 0 Å². The minimum absolute atomic E-state index is 0.0793. The fourth-order valence-electron chi connectivity index (χ4n) is 2.71. The van der Waals surface area contributed by atoms with E-state index in [-0.39, 0.29) is 12.2 Å². The highest BCUT2D eigenvalue weighted by molar-refractivity contribution is 5.96. The van der Waals surface area contributed by atoms with E-state index in [2.05, 4.69) is 10.3 Å². The Hall–Kier alpha value is -3.41. The highest BCUT2D eigenvalue weighted by Gasteiger charge is 2.17. The van der Waals surface area contributed by atoms with E-state index in [0.29, 0.717) is 5.69 Å². The molecule has 28 heavy (non-hydrogen) atoms. The van der Waals surface area contributed by atoms with Crippen molar-refractivity contribution < 1.29 is 14.3 Å². The summed E-state index contributed by atoms with van der Waals surface area (Å²) in [6.45, 7) is 5.40. The zero-order chi connectivity index (χ0) is 20.1. The molecule has 6 nitrogen and oxygen atoms in total. The summed E-state index contributed by atoms with van der Waals surface area (Å²) in [5, 5.41) is 2.71. The lowest BCUT2D eigenvalue weighted by atomic mass is 10.1. The predicted molar refractivity (Wildman–Crippen MR) is 109 cm³/mol. The molecule has 0 spiro atoms. The number of allylic oxidation sites excluding steroid dienone is 1. The SMILES string of the molecule is CC(C)(C)OC(=O)Nc1ccccc1CC(=O)/C=C/c1cnc2ccccn12. The maximum absolute atomic E-state index is 12.5. The molecule has 0 atom stereocenters. The zero-order valence-electron chi connectivity index (χ0n) is 16.2. The average molecular weight is 377 g/mol. The second-order valence-electron chi connectivity index (χ2n) is 7.37. The van der Waals surface area contributed by atoms with E-state index in [1.54, 1.807) is 45.2 Å². The van der Waals surface area contributed by atoms with E-state index in [0.717, 1.165) is 16.9 Å². The van der Waals surface area contributed by atoms with E-state index < -0.39 is 11.7 Å². The second-order valence-corrected chi connectivity index (χ2v) is 7.37. The molecule has 0 aliphatic carbocycles. The van der Waals surface area contributed by atoms with Crippen LogP contribution in [0.25, 0.3) is 11.7 Å². The van der Waals surface area contributed by atoms with Gasteiger partial charge < -0.3 is 9.14 Å². The number of carbonyl (C=O) groups is 2. The minimum Gasteiger partial charge on any atom is -0.444 e. The van der Waals surface area contributed by atoms with Crippen LogP contribution in [-0.4, -0.2) is 26.9 Å². The van der Waals surface area contributed by atoms with E-state index >= 15 is 0 Å². The summed E-state index contributed by atoms with van der Waals surface area (Å²) in [6, 6.07) is 12.9. The van der Waals surface area contributed by atoms with Gasteiger partial charge in [0.1, 0.15) is 11.2 Å². The first kappa shape index (κ1) is 19.4. The Morgan fingerprint density at radius 3 is 2.68 bits per heavy atom. The third kappa shape index (κ3) is 5.07. The minimum atomic E-state index is -0.592. The van der Waals surface area contributed by atoms with Crippen LogP contribution in [0.3, 0.4) is 0 Å². The molecule has 0 unspecified atom stereocenters. The maximum Gasteiger partial charge on any atom is 0.412 e. The van der Waals surface area contributed by atoms with Gasteiger partial charge in [0, 0.05) is 18.3 Å². The summed E-state index contributed by atoms with van der Waals surface area (Å²) >= 11 is 0. The van der Waals surface area contributed by atoms with E-state index in [1.807, 2.05) is 40.9 Å². The fraction of sp³-hybridized carbons (Fsp3) is 0.227. The van der Waals surface area contributed by atoms with Gasteiger partial charge in [0.15, 0.2) is 5.78 Å². The number of imidazole rings is 1. The number of carbonyl (C=O) groups excluding carboxylic acids is 2. The predicted octanol–water partition coefficient (Wildman–Crippen LogP) is 4.51. The highest BCUT2D eigenvalue weighted by Crippen LogP contribution is 2.18. The average Bonchev–Trinajstić information content (AvgIpc) is 3.03. The number of ketones is 1. The fourth-order valence-corrected chi connectivity index (χ4v) is 2.71. The molecule has 0 saturated carbocycles. The van der Waals surface area contributed by atoms with Crippen LogP contribution in [0.4, 0.5) is 10.5 Å². The Labute approximate surface area is 163 Å². The Bertz CT molecular complexity index is 1030. The number of hydrogen-bond donors (Lipinski definition) is 1. The molecule has 3 aromatic rings. The molecule has 0 saturated heterocycles. The number of aromatic nitrogens is 2. The first-order valence-electron chi connectivity index (χ1n) is 9.03. The molecule has 0 radical (unpaired) electrons. The molecule has 0 aliphatic rings. The van der Waals surface area contributed by atoms with Gasteiger partial charge in [-0.05, 0) is 56.7 Å². The third-order valence-corrected chi connectivity index (χ3v) is 3.90. The standard InChI is InChI=1S/C22H23N3O3/c1-22(2,3)28-21(27)24-19-9-5-4-8-16(19)14-18(26)12-11-17-15-23-20-10-6-7-13-25(17)20/h4-13,15H,14H2,1-3H3,(H,24,27)/b12-11+. The van der Waals surface area contributed by atoms with Crippen LogP contribution in [-0.2, 0) is 16.0 Å². The van der Waals surface area contributed by atoms with Crippen molar-refractivity contribution in [2.45, 2.75) is 32.8 Å². The number of anilines is 1. The topological polar surface area (TPSA) is 72.7 Å². The number of rotatable bonds is 5. The van der Waals surface area contributed by atoms with Crippen LogP contribution in [0.5, 0.6) is 0 Å². The number of ether oxygens (including phenoxy) is 1. The van der Waals surface area contributed by atoms with Crippen molar-refractivity contribution in [2.75, 3.05) is 5.32 Å². The number of pyridine rings is 1. The van der Waals surface area contributed by atoms with Crippen LogP contribution in [0.15, 0.2) is 60.9 Å². The normalized spacial score (nSPS) is 11.7. The Morgan fingerprint density at radius 1 is 1.14 bits per heavy atom.